The molecule has 0 saturated carbocycles. The van der Waals surface area contributed by atoms with Crippen molar-refractivity contribution in [3.8, 4) is 0 Å². The molecule has 0 aliphatic carbocycles. The van der Waals surface area contributed by atoms with Gasteiger partial charge in [-0.15, -0.1) is 0 Å². The average Bonchev–Trinajstić information content (AvgIpc) is 2.45. The molecule has 0 bridgehead atoms. The van der Waals surface area contributed by atoms with Crippen molar-refractivity contribution in [2.45, 2.75) is 71.8 Å². The van der Waals surface area contributed by atoms with E-state index in [0.29, 0.717) is 18.4 Å². The molecule has 3 heteroatoms. The minimum absolute atomic E-state index is 0.625. The molecular formula is C17H33N3. The van der Waals surface area contributed by atoms with Gasteiger partial charge in [0, 0.05) is 6.04 Å². The highest BCUT2D eigenvalue weighted by atomic mass is 15.4. The third kappa shape index (κ3) is 2.42. The predicted molar refractivity (Wildman–Crippen MR) is 84.4 cm³/mol. The molecule has 3 saturated heterocycles. The third-order valence-corrected chi connectivity index (χ3v) is 6.30. The summed E-state index contributed by atoms with van der Waals surface area (Å²) in [6.45, 7) is 13.2. The molecule has 1 N–H and O–H groups in total. The van der Waals surface area contributed by atoms with E-state index < -0.39 is 0 Å². The second-order valence-electron chi connectivity index (χ2n) is 7.38. The summed E-state index contributed by atoms with van der Waals surface area (Å²) in [5.41, 5.74) is 0. The first kappa shape index (κ1) is 14.8. The molecule has 0 amide bonds. The number of piperidine rings is 3. The van der Waals surface area contributed by atoms with E-state index in [9.17, 15) is 0 Å². The lowest BCUT2D eigenvalue weighted by atomic mass is 9.73. The van der Waals surface area contributed by atoms with Gasteiger partial charge in [0.15, 0.2) is 0 Å². The molecule has 3 aliphatic heterocycles. The van der Waals surface area contributed by atoms with Gasteiger partial charge < -0.3 is 0 Å². The Balaban J connectivity index is 1.83. The van der Waals surface area contributed by atoms with E-state index >= 15 is 0 Å². The van der Waals surface area contributed by atoms with Gasteiger partial charge in [0.05, 0.1) is 12.3 Å². The highest BCUT2D eigenvalue weighted by Crippen LogP contribution is 2.42. The number of rotatable bonds is 2. The lowest BCUT2D eigenvalue weighted by molar-refractivity contribution is -0.125. The molecular weight excluding hydrogens is 246 g/mol. The summed E-state index contributed by atoms with van der Waals surface area (Å²) < 4.78 is 0. The van der Waals surface area contributed by atoms with Gasteiger partial charge in [-0.05, 0) is 70.0 Å². The maximum atomic E-state index is 3.95. The first-order valence-electron chi connectivity index (χ1n) is 8.91. The number of nitrogens with zero attached hydrogens (tertiary/aromatic N) is 2. The lowest BCUT2D eigenvalue weighted by Crippen LogP contribution is -2.69. The van der Waals surface area contributed by atoms with E-state index in [1.54, 1.807) is 0 Å². The van der Waals surface area contributed by atoms with Crippen molar-refractivity contribution in [2.75, 3.05) is 19.6 Å². The number of hydrogen-bond donors (Lipinski definition) is 1. The molecule has 3 fully saturated rings. The summed E-state index contributed by atoms with van der Waals surface area (Å²) in [5, 5.41) is 3.95. The number of likely N-dealkylation sites (tertiary alicyclic amines) is 2. The van der Waals surface area contributed by atoms with E-state index in [4.69, 9.17) is 0 Å². The van der Waals surface area contributed by atoms with E-state index in [0.717, 1.165) is 17.8 Å². The minimum Gasteiger partial charge on any atom is -0.299 e. The van der Waals surface area contributed by atoms with Crippen molar-refractivity contribution < 1.29 is 0 Å². The molecule has 3 rings (SSSR count). The summed E-state index contributed by atoms with van der Waals surface area (Å²) >= 11 is 0. The Morgan fingerprint density at radius 1 is 1.05 bits per heavy atom. The molecule has 3 aliphatic rings. The number of hydrogen-bond acceptors (Lipinski definition) is 3. The molecule has 0 aromatic heterocycles. The molecule has 6 atom stereocenters. The largest absolute Gasteiger partial charge is 0.299 e. The zero-order valence-corrected chi connectivity index (χ0v) is 13.8. The average molecular weight is 279 g/mol. The van der Waals surface area contributed by atoms with E-state index in [2.05, 4.69) is 42.8 Å². The van der Waals surface area contributed by atoms with Crippen molar-refractivity contribution in [2.24, 2.45) is 17.8 Å². The van der Waals surface area contributed by atoms with Gasteiger partial charge in [-0.25, -0.2) is 0 Å². The Hall–Kier alpha value is -0.120. The zero-order valence-electron chi connectivity index (χ0n) is 13.8. The van der Waals surface area contributed by atoms with Crippen LogP contribution in [0.1, 0.15) is 53.4 Å². The lowest BCUT2D eigenvalue weighted by Gasteiger charge is -2.58. The Morgan fingerprint density at radius 3 is 2.55 bits per heavy atom. The van der Waals surface area contributed by atoms with Crippen LogP contribution in [-0.2, 0) is 0 Å². The smallest absolute Gasteiger partial charge is 0.0664 e. The molecule has 0 spiro atoms. The topological polar surface area (TPSA) is 18.5 Å². The second kappa shape index (κ2) is 5.94. The first-order valence-corrected chi connectivity index (χ1v) is 8.91. The molecule has 3 heterocycles. The van der Waals surface area contributed by atoms with Crippen molar-refractivity contribution in [3.05, 3.63) is 0 Å². The van der Waals surface area contributed by atoms with Crippen LogP contribution >= 0.6 is 0 Å². The Labute approximate surface area is 125 Å². The van der Waals surface area contributed by atoms with Crippen LogP contribution in [0, 0.1) is 17.8 Å². The van der Waals surface area contributed by atoms with Crippen LogP contribution in [0.15, 0.2) is 0 Å². The quantitative estimate of drug-likeness (QED) is 0.838. The van der Waals surface area contributed by atoms with E-state index in [-0.39, 0.29) is 0 Å². The maximum Gasteiger partial charge on any atom is 0.0664 e. The van der Waals surface area contributed by atoms with Gasteiger partial charge in [-0.1, -0.05) is 20.8 Å². The third-order valence-electron chi connectivity index (χ3n) is 6.30. The van der Waals surface area contributed by atoms with Crippen LogP contribution in [0.25, 0.3) is 0 Å². The van der Waals surface area contributed by atoms with Gasteiger partial charge in [0.25, 0.3) is 0 Å². The van der Waals surface area contributed by atoms with Crippen molar-refractivity contribution in [1.29, 1.82) is 0 Å². The fraction of sp³-hybridized carbons (Fsp3) is 1.00. The van der Waals surface area contributed by atoms with Crippen LogP contribution in [0.3, 0.4) is 0 Å². The minimum atomic E-state index is 0.625. The summed E-state index contributed by atoms with van der Waals surface area (Å²) in [4.78, 5) is 5.53. The van der Waals surface area contributed by atoms with Crippen LogP contribution in [-0.4, -0.2) is 47.8 Å². The molecule has 3 nitrogen and oxygen atoms in total. The second-order valence-corrected chi connectivity index (χ2v) is 7.38. The number of fused-ring (bicyclic) bond motifs is 2. The Bertz CT molecular complexity index is 332. The summed E-state index contributed by atoms with van der Waals surface area (Å²) in [6, 6.07) is 0.667. The van der Waals surface area contributed by atoms with Crippen LogP contribution < -0.4 is 5.32 Å². The van der Waals surface area contributed by atoms with Crippen LogP contribution in [0.5, 0.6) is 0 Å². The van der Waals surface area contributed by atoms with Gasteiger partial charge in [-0.2, -0.15) is 0 Å². The van der Waals surface area contributed by atoms with Crippen LogP contribution in [0.2, 0.25) is 0 Å². The fourth-order valence-corrected chi connectivity index (χ4v) is 5.11. The highest BCUT2D eigenvalue weighted by Gasteiger charge is 2.47. The van der Waals surface area contributed by atoms with Crippen LogP contribution in [0.4, 0.5) is 0 Å². The highest BCUT2D eigenvalue weighted by molar-refractivity contribution is 4.99. The molecule has 0 radical (unpaired) electrons. The van der Waals surface area contributed by atoms with Crippen molar-refractivity contribution in [3.63, 3.8) is 0 Å². The molecule has 0 aromatic carbocycles. The van der Waals surface area contributed by atoms with Gasteiger partial charge in [0.1, 0.15) is 0 Å². The molecule has 20 heavy (non-hydrogen) atoms. The van der Waals surface area contributed by atoms with Gasteiger partial charge in [-0.3, -0.25) is 15.1 Å². The Morgan fingerprint density at radius 2 is 1.85 bits per heavy atom. The maximum absolute atomic E-state index is 3.95. The normalized spacial score (nSPS) is 46.8. The van der Waals surface area contributed by atoms with Crippen molar-refractivity contribution in [1.82, 2.24) is 15.1 Å². The van der Waals surface area contributed by atoms with E-state index in [1.165, 1.54) is 45.3 Å². The molecule has 6 unspecified atom stereocenters. The predicted octanol–water partition coefficient (Wildman–Crippen LogP) is 2.73. The standard InChI is InChI=1S/C17H33N3/c1-5-19-9-7-8-14-11-15-10-12(3)13(4)18-16(15)20(6-2)17(14)19/h12-18H,5-11H2,1-4H3. The van der Waals surface area contributed by atoms with Gasteiger partial charge >= 0.3 is 0 Å². The van der Waals surface area contributed by atoms with Gasteiger partial charge in [0.2, 0.25) is 0 Å². The zero-order chi connectivity index (χ0) is 14.3. The van der Waals surface area contributed by atoms with Crippen molar-refractivity contribution >= 4 is 0 Å². The SMILES string of the molecule is CCN1CCCC2CC3CC(C)C(C)NC3N(CC)C21. The monoisotopic (exact) mass is 279 g/mol. The first-order chi connectivity index (χ1) is 9.65. The number of nitrogens with one attached hydrogen (secondary N) is 1. The molecule has 0 aromatic rings. The summed E-state index contributed by atoms with van der Waals surface area (Å²) in [6.07, 6.45) is 7.05. The van der Waals surface area contributed by atoms with E-state index in [1.807, 2.05) is 0 Å². The molecule has 116 valence electrons. The fourth-order valence-electron chi connectivity index (χ4n) is 5.11. The summed E-state index contributed by atoms with van der Waals surface area (Å²) in [7, 11) is 0. The summed E-state index contributed by atoms with van der Waals surface area (Å²) in [5.74, 6) is 2.61. The Kier molecular flexibility index (Phi) is 4.40.